The molecule has 0 saturated heterocycles. The first-order valence-electron chi connectivity index (χ1n) is 6.52. The standard InChI is InChI=1S/C14H18BrNO2S/c1-2-19-13-5-3-4-12(13)16-11-7-6-9(14(17)18)8-10(11)15/h6-8,12-13,16H,2-5H2,1H3,(H,17,18). The minimum absolute atomic E-state index is 0.309. The fraction of sp³-hybridized carbons (Fsp3) is 0.500. The highest BCUT2D eigenvalue weighted by molar-refractivity contribution is 9.10. The molecule has 0 amide bonds. The van der Waals surface area contributed by atoms with Crippen LogP contribution in [0.25, 0.3) is 0 Å². The van der Waals surface area contributed by atoms with Crippen LogP contribution in [-0.4, -0.2) is 28.1 Å². The van der Waals surface area contributed by atoms with Gasteiger partial charge < -0.3 is 10.4 Å². The van der Waals surface area contributed by atoms with Crippen molar-refractivity contribution in [2.75, 3.05) is 11.1 Å². The number of benzene rings is 1. The molecule has 0 heterocycles. The second-order valence-electron chi connectivity index (χ2n) is 4.68. The molecule has 3 nitrogen and oxygen atoms in total. The quantitative estimate of drug-likeness (QED) is 0.839. The number of carboxylic acids is 1. The molecule has 2 atom stereocenters. The molecule has 1 fully saturated rings. The molecule has 1 saturated carbocycles. The molecule has 2 N–H and O–H groups in total. The van der Waals surface area contributed by atoms with Gasteiger partial charge in [0, 0.05) is 21.5 Å². The zero-order valence-electron chi connectivity index (χ0n) is 10.9. The van der Waals surface area contributed by atoms with Gasteiger partial charge in [-0.3, -0.25) is 0 Å². The second kappa shape index (κ2) is 6.66. The maximum absolute atomic E-state index is 10.9. The first kappa shape index (κ1) is 14.7. The van der Waals surface area contributed by atoms with E-state index in [1.165, 1.54) is 19.3 Å². The van der Waals surface area contributed by atoms with Crippen molar-refractivity contribution in [2.24, 2.45) is 0 Å². The Morgan fingerprint density at radius 1 is 1.53 bits per heavy atom. The van der Waals surface area contributed by atoms with E-state index in [1.54, 1.807) is 12.1 Å². The average molecular weight is 344 g/mol. The lowest BCUT2D eigenvalue weighted by Gasteiger charge is -2.22. The van der Waals surface area contributed by atoms with Crippen molar-refractivity contribution in [3.8, 4) is 0 Å². The summed E-state index contributed by atoms with van der Waals surface area (Å²) < 4.78 is 0.819. The van der Waals surface area contributed by atoms with E-state index in [2.05, 4.69) is 28.2 Å². The maximum atomic E-state index is 10.9. The number of carbonyl (C=O) groups is 1. The molecule has 2 unspecified atom stereocenters. The fourth-order valence-corrected chi connectivity index (χ4v) is 4.16. The van der Waals surface area contributed by atoms with Crippen LogP contribution < -0.4 is 5.32 Å². The largest absolute Gasteiger partial charge is 0.478 e. The Bertz CT molecular complexity index is 467. The van der Waals surface area contributed by atoms with Gasteiger partial charge in [-0.15, -0.1) is 0 Å². The van der Waals surface area contributed by atoms with Gasteiger partial charge in [-0.25, -0.2) is 4.79 Å². The topological polar surface area (TPSA) is 49.3 Å². The summed E-state index contributed by atoms with van der Waals surface area (Å²) in [6.45, 7) is 2.19. The molecule has 19 heavy (non-hydrogen) atoms. The summed E-state index contributed by atoms with van der Waals surface area (Å²) in [5.74, 6) is 0.245. The minimum Gasteiger partial charge on any atom is -0.478 e. The van der Waals surface area contributed by atoms with E-state index in [4.69, 9.17) is 5.11 Å². The van der Waals surface area contributed by atoms with E-state index in [1.807, 2.05) is 17.8 Å². The summed E-state index contributed by atoms with van der Waals surface area (Å²) in [6, 6.07) is 5.63. The molecule has 1 aliphatic carbocycles. The number of carboxylic acid groups (broad SMARTS) is 1. The molecule has 5 heteroatoms. The molecule has 0 spiro atoms. The van der Waals surface area contributed by atoms with E-state index < -0.39 is 5.97 Å². The van der Waals surface area contributed by atoms with Crippen molar-refractivity contribution < 1.29 is 9.90 Å². The Hall–Kier alpha value is -0.680. The predicted octanol–water partition coefficient (Wildman–Crippen LogP) is 4.23. The van der Waals surface area contributed by atoms with Crippen molar-refractivity contribution in [3.63, 3.8) is 0 Å². The highest BCUT2D eigenvalue weighted by Crippen LogP contribution is 2.34. The van der Waals surface area contributed by atoms with Crippen molar-refractivity contribution in [3.05, 3.63) is 28.2 Å². The van der Waals surface area contributed by atoms with Crippen LogP contribution >= 0.6 is 27.7 Å². The molecule has 104 valence electrons. The number of aromatic carboxylic acids is 1. The molecule has 0 aromatic heterocycles. The van der Waals surface area contributed by atoms with E-state index in [0.29, 0.717) is 16.9 Å². The lowest BCUT2D eigenvalue weighted by Crippen LogP contribution is -2.26. The van der Waals surface area contributed by atoms with Gasteiger partial charge in [-0.2, -0.15) is 11.8 Å². The highest BCUT2D eigenvalue weighted by Gasteiger charge is 2.27. The van der Waals surface area contributed by atoms with Crippen LogP contribution in [0.4, 0.5) is 5.69 Å². The Kier molecular flexibility index (Phi) is 5.16. The first-order valence-corrected chi connectivity index (χ1v) is 8.37. The summed E-state index contributed by atoms with van der Waals surface area (Å²) >= 11 is 5.46. The van der Waals surface area contributed by atoms with Crippen LogP contribution in [0.1, 0.15) is 36.5 Å². The fourth-order valence-electron chi connectivity index (χ4n) is 2.47. The number of thioether (sulfide) groups is 1. The van der Waals surface area contributed by atoms with Crippen molar-refractivity contribution in [1.29, 1.82) is 0 Å². The molecular formula is C14H18BrNO2S. The van der Waals surface area contributed by atoms with Gasteiger partial charge in [0.25, 0.3) is 0 Å². The monoisotopic (exact) mass is 343 g/mol. The number of halogens is 1. The van der Waals surface area contributed by atoms with Crippen molar-refractivity contribution >= 4 is 39.3 Å². The molecule has 0 bridgehead atoms. The highest BCUT2D eigenvalue weighted by atomic mass is 79.9. The predicted molar refractivity (Wildman–Crippen MR) is 84.3 cm³/mol. The van der Waals surface area contributed by atoms with Crippen LogP contribution in [-0.2, 0) is 0 Å². The van der Waals surface area contributed by atoms with E-state index in [0.717, 1.165) is 15.9 Å². The second-order valence-corrected chi connectivity index (χ2v) is 7.05. The minimum atomic E-state index is -0.896. The van der Waals surface area contributed by atoms with Gasteiger partial charge >= 0.3 is 5.97 Å². The molecule has 0 radical (unpaired) electrons. The third kappa shape index (κ3) is 3.66. The lowest BCUT2D eigenvalue weighted by atomic mass is 10.2. The Morgan fingerprint density at radius 3 is 2.95 bits per heavy atom. The summed E-state index contributed by atoms with van der Waals surface area (Å²) in [4.78, 5) is 10.9. The van der Waals surface area contributed by atoms with Gasteiger partial charge in [0.1, 0.15) is 0 Å². The summed E-state index contributed by atoms with van der Waals surface area (Å²) in [5.41, 5.74) is 1.29. The molecule has 2 rings (SSSR count). The molecule has 0 aliphatic heterocycles. The zero-order chi connectivity index (χ0) is 13.8. The van der Waals surface area contributed by atoms with Crippen LogP contribution in [0.15, 0.2) is 22.7 Å². The van der Waals surface area contributed by atoms with Gasteiger partial charge in [-0.1, -0.05) is 13.3 Å². The van der Waals surface area contributed by atoms with Crippen LogP contribution in [0, 0.1) is 0 Å². The smallest absolute Gasteiger partial charge is 0.335 e. The lowest BCUT2D eigenvalue weighted by molar-refractivity contribution is 0.0697. The van der Waals surface area contributed by atoms with Crippen LogP contribution in [0.3, 0.4) is 0 Å². The number of hydrogen-bond acceptors (Lipinski definition) is 3. The molecular weight excluding hydrogens is 326 g/mol. The van der Waals surface area contributed by atoms with Gasteiger partial charge in [0.15, 0.2) is 0 Å². The Labute approximate surface area is 126 Å². The summed E-state index contributed by atoms with van der Waals surface area (Å²) in [6.07, 6.45) is 3.71. The maximum Gasteiger partial charge on any atom is 0.335 e. The first-order chi connectivity index (χ1) is 9.11. The average Bonchev–Trinajstić information content (AvgIpc) is 2.79. The van der Waals surface area contributed by atoms with E-state index >= 15 is 0 Å². The normalized spacial score (nSPS) is 22.4. The summed E-state index contributed by atoms with van der Waals surface area (Å²) in [5, 5.41) is 13.2. The zero-order valence-corrected chi connectivity index (χ0v) is 13.3. The molecule has 1 aromatic rings. The van der Waals surface area contributed by atoms with E-state index in [9.17, 15) is 4.79 Å². The van der Waals surface area contributed by atoms with Gasteiger partial charge in [-0.05, 0) is 52.7 Å². The van der Waals surface area contributed by atoms with E-state index in [-0.39, 0.29) is 0 Å². The van der Waals surface area contributed by atoms with Crippen LogP contribution in [0.2, 0.25) is 0 Å². The SMILES string of the molecule is CCSC1CCCC1Nc1ccc(C(=O)O)cc1Br. The van der Waals surface area contributed by atoms with Gasteiger partial charge in [0.05, 0.1) is 5.56 Å². The molecule has 1 aromatic carbocycles. The number of anilines is 1. The third-order valence-corrected chi connectivity index (χ3v) is 5.37. The Balaban J connectivity index is 2.08. The Morgan fingerprint density at radius 2 is 2.32 bits per heavy atom. The van der Waals surface area contributed by atoms with Crippen LogP contribution in [0.5, 0.6) is 0 Å². The third-order valence-electron chi connectivity index (χ3n) is 3.39. The van der Waals surface area contributed by atoms with Crippen molar-refractivity contribution in [1.82, 2.24) is 0 Å². The summed E-state index contributed by atoms with van der Waals surface area (Å²) in [7, 11) is 0. The van der Waals surface area contributed by atoms with Crippen molar-refractivity contribution in [2.45, 2.75) is 37.5 Å². The number of nitrogens with one attached hydrogen (secondary N) is 1. The number of hydrogen-bond donors (Lipinski definition) is 2. The number of rotatable bonds is 5. The van der Waals surface area contributed by atoms with Gasteiger partial charge in [0.2, 0.25) is 0 Å². The molecule has 1 aliphatic rings.